The average molecular weight is 378 g/mol. The molecule has 0 aliphatic rings. The fourth-order valence-corrected chi connectivity index (χ4v) is 3.72. The van der Waals surface area contributed by atoms with E-state index in [2.05, 4.69) is 20.9 Å². The second-order valence-electron chi connectivity index (χ2n) is 4.58. The number of nitrogens with two attached hydrogens (primary N) is 1. The molecule has 0 bridgehead atoms. The van der Waals surface area contributed by atoms with Crippen molar-refractivity contribution in [1.29, 1.82) is 0 Å². The molecule has 0 saturated heterocycles. The number of hydrazine groups is 1. The molecule has 0 atom stereocenters. The van der Waals surface area contributed by atoms with Gasteiger partial charge >= 0.3 is 0 Å². The van der Waals surface area contributed by atoms with Crippen molar-refractivity contribution in [1.82, 2.24) is 4.98 Å². The molecule has 2 N–H and O–H groups in total. The second kappa shape index (κ2) is 5.68. The van der Waals surface area contributed by atoms with Crippen LogP contribution in [-0.2, 0) is 10.0 Å². The SMILES string of the molecule is NN(c1ccc(Br)c2cccnc12)S(=O)(=O)c1ccccc1. The van der Waals surface area contributed by atoms with Crippen molar-refractivity contribution in [2.75, 3.05) is 4.41 Å². The summed E-state index contributed by atoms with van der Waals surface area (Å²) in [6.07, 6.45) is 1.60. The zero-order valence-electron chi connectivity index (χ0n) is 11.3. The van der Waals surface area contributed by atoms with Crippen LogP contribution >= 0.6 is 15.9 Å². The van der Waals surface area contributed by atoms with E-state index in [1.165, 1.54) is 12.1 Å². The van der Waals surface area contributed by atoms with E-state index in [1.54, 1.807) is 42.6 Å². The van der Waals surface area contributed by atoms with Crippen molar-refractivity contribution in [3.05, 3.63) is 65.3 Å². The second-order valence-corrected chi connectivity index (χ2v) is 7.25. The largest absolute Gasteiger partial charge is 0.277 e. The summed E-state index contributed by atoms with van der Waals surface area (Å²) in [6.45, 7) is 0. The lowest BCUT2D eigenvalue weighted by atomic mass is 10.2. The van der Waals surface area contributed by atoms with Crippen LogP contribution in [0.5, 0.6) is 0 Å². The molecule has 3 aromatic rings. The van der Waals surface area contributed by atoms with Crippen LogP contribution in [0.1, 0.15) is 0 Å². The number of anilines is 1. The van der Waals surface area contributed by atoms with Crippen molar-refractivity contribution < 1.29 is 8.42 Å². The molecule has 0 amide bonds. The minimum Gasteiger partial charge on any atom is -0.254 e. The third kappa shape index (κ3) is 2.47. The van der Waals surface area contributed by atoms with Gasteiger partial charge in [0.05, 0.1) is 16.1 Å². The minimum atomic E-state index is -3.84. The summed E-state index contributed by atoms with van der Waals surface area (Å²) in [5.74, 6) is 5.91. The Labute approximate surface area is 136 Å². The number of fused-ring (bicyclic) bond motifs is 1. The average Bonchev–Trinajstić information content (AvgIpc) is 2.56. The van der Waals surface area contributed by atoms with E-state index < -0.39 is 10.0 Å². The molecule has 0 saturated carbocycles. The molecular formula is C15H12BrN3O2S. The van der Waals surface area contributed by atoms with E-state index >= 15 is 0 Å². The quantitative estimate of drug-likeness (QED) is 0.561. The van der Waals surface area contributed by atoms with Crippen molar-refractivity contribution >= 4 is 42.5 Å². The molecule has 5 nitrogen and oxygen atoms in total. The Balaban J connectivity index is 2.18. The van der Waals surface area contributed by atoms with Gasteiger partial charge in [0, 0.05) is 16.1 Å². The third-order valence-corrected chi connectivity index (χ3v) is 5.51. The van der Waals surface area contributed by atoms with Crippen LogP contribution in [0.15, 0.2) is 70.2 Å². The van der Waals surface area contributed by atoms with Crippen molar-refractivity contribution in [2.45, 2.75) is 4.90 Å². The van der Waals surface area contributed by atoms with Crippen LogP contribution in [-0.4, -0.2) is 13.4 Å². The zero-order valence-corrected chi connectivity index (χ0v) is 13.8. The molecule has 1 heterocycles. The summed E-state index contributed by atoms with van der Waals surface area (Å²) in [6, 6.07) is 15.1. The molecule has 7 heteroatoms. The number of aromatic nitrogens is 1. The molecule has 0 aliphatic carbocycles. The number of nitrogens with zero attached hydrogens (tertiary/aromatic N) is 2. The molecule has 0 aliphatic heterocycles. The summed E-state index contributed by atoms with van der Waals surface area (Å²) >= 11 is 3.43. The summed E-state index contributed by atoms with van der Waals surface area (Å²) in [5.41, 5.74) is 0.835. The molecule has 0 spiro atoms. The van der Waals surface area contributed by atoms with Gasteiger partial charge in [-0.25, -0.2) is 5.84 Å². The van der Waals surface area contributed by atoms with Gasteiger partial charge in [-0.15, -0.1) is 0 Å². The molecule has 3 rings (SSSR count). The Kier molecular flexibility index (Phi) is 3.86. The minimum absolute atomic E-state index is 0.129. The molecule has 1 aromatic heterocycles. The highest BCUT2D eigenvalue weighted by Gasteiger charge is 2.24. The first-order valence-electron chi connectivity index (χ1n) is 6.40. The van der Waals surface area contributed by atoms with E-state index in [4.69, 9.17) is 5.84 Å². The number of pyridine rings is 1. The van der Waals surface area contributed by atoms with E-state index in [1.807, 2.05) is 6.07 Å². The topological polar surface area (TPSA) is 76.3 Å². The first-order chi connectivity index (χ1) is 10.5. The van der Waals surface area contributed by atoms with Gasteiger partial charge in [-0.3, -0.25) is 4.98 Å². The summed E-state index contributed by atoms with van der Waals surface area (Å²) in [4.78, 5) is 4.38. The van der Waals surface area contributed by atoms with E-state index in [9.17, 15) is 8.42 Å². The molecule has 0 radical (unpaired) electrons. The Bertz CT molecular complexity index is 930. The van der Waals surface area contributed by atoms with E-state index in [0.29, 0.717) is 11.2 Å². The standard InChI is InChI=1S/C15H12BrN3O2S/c16-13-8-9-14(15-12(13)7-4-10-18-15)19(17)22(20,21)11-5-2-1-3-6-11/h1-10H,17H2. The third-order valence-electron chi connectivity index (χ3n) is 3.23. The van der Waals surface area contributed by atoms with Crippen molar-refractivity contribution in [2.24, 2.45) is 5.84 Å². The number of hydrogen-bond donors (Lipinski definition) is 1. The maximum atomic E-state index is 12.6. The van der Waals surface area contributed by atoms with Crippen LogP contribution < -0.4 is 10.3 Å². The lowest BCUT2D eigenvalue weighted by Gasteiger charge is -2.20. The van der Waals surface area contributed by atoms with Crippen LogP contribution in [0.4, 0.5) is 5.69 Å². The lowest BCUT2D eigenvalue weighted by molar-refractivity contribution is 0.592. The van der Waals surface area contributed by atoms with Gasteiger partial charge in [0.25, 0.3) is 10.0 Å². The fraction of sp³-hybridized carbons (Fsp3) is 0. The first-order valence-corrected chi connectivity index (χ1v) is 8.63. The smallest absolute Gasteiger partial charge is 0.254 e. The van der Waals surface area contributed by atoms with Gasteiger partial charge in [0.1, 0.15) is 0 Å². The number of sulfonamides is 1. The predicted octanol–water partition coefficient (Wildman–Crippen LogP) is 3.07. The Morgan fingerprint density at radius 2 is 1.73 bits per heavy atom. The summed E-state index contributed by atoms with van der Waals surface area (Å²) < 4.78 is 26.8. The highest BCUT2D eigenvalue weighted by molar-refractivity contribution is 9.10. The zero-order chi connectivity index (χ0) is 15.7. The van der Waals surface area contributed by atoms with Gasteiger partial charge < -0.3 is 0 Å². The van der Waals surface area contributed by atoms with Crippen LogP contribution in [0.25, 0.3) is 10.9 Å². The lowest BCUT2D eigenvalue weighted by Crippen LogP contribution is -2.37. The highest BCUT2D eigenvalue weighted by atomic mass is 79.9. The monoisotopic (exact) mass is 377 g/mol. The van der Waals surface area contributed by atoms with Crippen molar-refractivity contribution in [3.8, 4) is 0 Å². The maximum Gasteiger partial charge on any atom is 0.277 e. The van der Waals surface area contributed by atoms with Gasteiger partial charge in [-0.2, -0.15) is 12.8 Å². The summed E-state index contributed by atoms with van der Waals surface area (Å²) in [7, 11) is -3.84. The summed E-state index contributed by atoms with van der Waals surface area (Å²) in [5, 5.41) is 0.790. The fourth-order valence-electron chi connectivity index (χ4n) is 2.14. The van der Waals surface area contributed by atoms with Crippen molar-refractivity contribution in [3.63, 3.8) is 0 Å². The number of benzene rings is 2. The molecule has 0 unspecified atom stereocenters. The maximum absolute atomic E-state index is 12.6. The molecule has 2 aromatic carbocycles. The molecule has 22 heavy (non-hydrogen) atoms. The number of halogens is 1. The highest BCUT2D eigenvalue weighted by Crippen LogP contribution is 2.31. The van der Waals surface area contributed by atoms with Gasteiger partial charge in [-0.1, -0.05) is 40.2 Å². The van der Waals surface area contributed by atoms with E-state index in [0.717, 1.165) is 14.3 Å². The van der Waals surface area contributed by atoms with Gasteiger partial charge in [-0.05, 0) is 30.3 Å². The Morgan fingerprint density at radius 1 is 1.00 bits per heavy atom. The number of rotatable bonds is 3. The van der Waals surface area contributed by atoms with Crippen LogP contribution in [0.3, 0.4) is 0 Å². The number of hydrogen-bond acceptors (Lipinski definition) is 4. The normalized spacial score (nSPS) is 11.5. The molecule has 0 fully saturated rings. The van der Waals surface area contributed by atoms with E-state index in [-0.39, 0.29) is 4.90 Å². The predicted molar refractivity (Wildman–Crippen MR) is 89.7 cm³/mol. The molecular weight excluding hydrogens is 366 g/mol. The first kappa shape index (κ1) is 15.0. The molecule has 112 valence electrons. The van der Waals surface area contributed by atoms with Crippen LogP contribution in [0.2, 0.25) is 0 Å². The van der Waals surface area contributed by atoms with Gasteiger partial charge in [0.2, 0.25) is 0 Å². The Hall–Kier alpha value is -1.96. The Morgan fingerprint density at radius 3 is 2.45 bits per heavy atom. The van der Waals surface area contributed by atoms with Gasteiger partial charge in [0.15, 0.2) is 0 Å². The van der Waals surface area contributed by atoms with Crippen LogP contribution in [0, 0.1) is 0 Å².